The van der Waals surface area contributed by atoms with Gasteiger partial charge in [-0.25, -0.2) is 4.79 Å². The fourth-order valence-electron chi connectivity index (χ4n) is 4.24. The average Bonchev–Trinajstić information content (AvgIpc) is 2.77. The second kappa shape index (κ2) is 11.3. The lowest BCUT2D eigenvalue weighted by Crippen LogP contribution is -2.52. The van der Waals surface area contributed by atoms with Gasteiger partial charge in [0.15, 0.2) is 0 Å². The highest BCUT2D eigenvalue weighted by Crippen LogP contribution is 2.28. The van der Waals surface area contributed by atoms with Crippen LogP contribution < -0.4 is 11.1 Å². The van der Waals surface area contributed by atoms with Crippen LogP contribution >= 0.6 is 0 Å². The number of nitrogens with zero attached hydrogens (tertiary/aromatic N) is 1. The Labute approximate surface area is 197 Å². The van der Waals surface area contributed by atoms with Crippen LogP contribution in [0.5, 0.6) is 0 Å². The molecular weight excluding hydrogens is 414 g/mol. The molecule has 1 aliphatic carbocycles. The van der Waals surface area contributed by atoms with E-state index in [2.05, 4.69) is 26.1 Å². The van der Waals surface area contributed by atoms with Gasteiger partial charge in [-0.1, -0.05) is 76.1 Å². The second-order valence-corrected chi connectivity index (χ2v) is 10.2. The molecule has 1 aliphatic rings. The van der Waals surface area contributed by atoms with Gasteiger partial charge in [0.2, 0.25) is 5.91 Å². The Kier molecular flexibility index (Phi) is 8.50. The summed E-state index contributed by atoms with van der Waals surface area (Å²) in [4.78, 5) is 27.3. The highest BCUT2D eigenvalue weighted by Gasteiger charge is 2.32. The van der Waals surface area contributed by atoms with Gasteiger partial charge in [-0.2, -0.15) is 0 Å². The molecule has 0 saturated heterocycles. The molecule has 6 heteroatoms. The van der Waals surface area contributed by atoms with Crippen molar-refractivity contribution < 1.29 is 14.3 Å². The van der Waals surface area contributed by atoms with Crippen molar-refractivity contribution in [3.63, 3.8) is 0 Å². The first-order valence-corrected chi connectivity index (χ1v) is 11.8. The van der Waals surface area contributed by atoms with Gasteiger partial charge in [-0.15, -0.1) is 0 Å². The van der Waals surface area contributed by atoms with Crippen molar-refractivity contribution in [3.8, 4) is 0 Å². The molecule has 33 heavy (non-hydrogen) atoms. The highest BCUT2D eigenvalue weighted by atomic mass is 16.5. The molecule has 0 heterocycles. The standard InChI is InChI=1S/C27H37N3O3/c1-27(2,3)17-25(31)30(24-12-8-7-11-23(24)28)18-20-13-15-22(16-14-20)29-26(32)33-19-21-9-5-4-6-10-21/h4-6,9-10,13-16,23-24H,7-8,11-12,17-19,28H2,1-3H3,(H,29,32). The van der Waals surface area contributed by atoms with E-state index in [1.807, 2.05) is 59.5 Å². The van der Waals surface area contributed by atoms with Crippen molar-refractivity contribution in [3.05, 3.63) is 65.7 Å². The molecular formula is C27H37N3O3. The lowest BCUT2D eigenvalue weighted by Gasteiger charge is -2.39. The van der Waals surface area contributed by atoms with E-state index in [1.165, 1.54) is 0 Å². The van der Waals surface area contributed by atoms with Crippen LogP contribution in [0.3, 0.4) is 0 Å². The number of nitrogens with one attached hydrogen (secondary N) is 1. The number of hydrogen-bond donors (Lipinski definition) is 2. The first-order valence-electron chi connectivity index (χ1n) is 11.8. The number of nitrogens with two attached hydrogens (primary N) is 1. The summed E-state index contributed by atoms with van der Waals surface area (Å²) >= 11 is 0. The third kappa shape index (κ3) is 7.90. The maximum absolute atomic E-state index is 13.2. The van der Waals surface area contributed by atoms with Crippen LogP contribution in [-0.2, 0) is 22.7 Å². The molecule has 2 aromatic carbocycles. The quantitative estimate of drug-likeness (QED) is 0.585. The highest BCUT2D eigenvalue weighted by molar-refractivity contribution is 5.84. The Bertz CT molecular complexity index is 906. The number of hydrogen-bond acceptors (Lipinski definition) is 4. The van der Waals surface area contributed by atoms with Gasteiger partial charge in [0.05, 0.1) is 0 Å². The van der Waals surface area contributed by atoms with E-state index in [9.17, 15) is 9.59 Å². The lowest BCUT2D eigenvalue weighted by atomic mass is 9.87. The molecule has 0 spiro atoms. The predicted molar refractivity (Wildman–Crippen MR) is 132 cm³/mol. The van der Waals surface area contributed by atoms with E-state index < -0.39 is 6.09 Å². The zero-order chi connectivity index (χ0) is 23.8. The minimum absolute atomic E-state index is 0.0167. The van der Waals surface area contributed by atoms with E-state index in [4.69, 9.17) is 10.5 Å². The SMILES string of the molecule is CC(C)(C)CC(=O)N(Cc1ccc(NC(=O)OCc2ccccc2)cc1)C1CCCCC1N. The molecule has 0 aliphatic heterocycles. The predicted octanol–water partition coefficient (Wildman–Crippen LogP) is 5.47. The fraction of sp³-hybridized carbons (Fsp3) is 0.481. The monoisotopic (exact) mass is 451 g/mol. The minimum Gasteiger partial charge on any atom is -0.444 e. The number of ether oxygens (including phenoxy) is 1. The van der Waals surface area contributed by atoms with E-state index in [0.29, 0.717) is 18.7 Å². The van der Waals surface area contributed by atoms with Crippen molar-refractivity contribution >= 4 is 17.7 Å². The van der Waals surface area contributed by atoms with E-state index in [-0.39, 0.29) is 30.0 Å². The molecule has 0 aromatic heterocycles. The number of anilines is 1. The summed E-state index contributed by atoms with van der Waals surface area (Å²) in [6, 6.07) is 17.2. The van der Waals surface area contributed by atoms with Crippen molar-refractivity contribution in [2.45, 2.75) is 78.1 Å². The van der Waals surface area contributed by atoms with E-state index in [1.54, 1.807) is 0 Å². The molecule has 1 saturated carbocycles. The van der Waals surface area contributed by atoms with Gasteiger partial charge in [0.1, 0.15) is 6.61 Å². The third-order valence-corrected chi connectivity index (χ3v) is 5.95. The first-order chi connectivity index (χ1) is 15.7. The average molecular weight is 452 g/mol. The van der Waals surface area contributed by atoms with Crippen LogP contribution in [-0.4, -0.2) is 29.0 Å². The van der Waals surface area contributed by atoms with Gasteiger partial charge in [0, 0.05) is 30.7 Å². The lowest BCUT2D eigenvalue weighted by molar-refractivity contribution is -0.137. The van der Waals surface area contributed by atoms with Crippen LogP contribution in [0.1, 0.15) is 64.0 Å². The molecule has 2 amide bonds. The molecule has 2 unspecified atom stereocenters. The zero-order valence-electron chi connectivity index (χ0n) is 20.0. The molecule has 6 nitrogen and oxygen atoms in total. The topological polar surface area (TPSA) is 84.7 Å². The van der Waals surface area contributed by atoms with Crippen molar-refractivity contribution in [2.24, 2.45) is 11.1 Å². The molecule has 1 fully saturated rings. The van der Waals surface area contributed by atoms with Gasteiger partial charge < -0.3 is 15.4 Å². The molecule has 2 atom stereocenters. The largest absolute Gasteiger partial charge is 0.444 e. The molecule has 178 valence electrons. The minimum atomic E-state index is -0.498. The normalized spacial score (nSPS) is 18.4. The second-order valence-electron chi connectivity index (χ2n) is 10.2. The Balaban J connectivity index is 1.61. The van der Waals surface area contributed by atoms with Gasteiger partial charge >= 0.3 is 6.09 Å². The summed E-state index contributed by atoms with van der Waals surface area (Å²) in [5.41, 5.74) is 8.95. The van der Waals surface area contributed by atoms with Gasteiger partial charge in [-0.05, 0) is 41.5 Å². The maximum Gasteiger partial charge on any atom is 0.411 e. The Hall–Kier alpha value is -2.86. The summed E-state index contributed by atoms with van der Waals surface area (Å²) in [6.45, 7) is 6.99. The molecule has 3 rings (SSSR count). The van der Waals surface area contributed by atoms with Crippen molar-refractivity contribution in [1.29, 1.82) is 0 Å². The van der Waals surface area contributed by atoms with Crippen molar-refractivity contribution in [1.82, 2.24) is 4.90 Å². The first kappa shape index (κ1) is 24.8. The number of carbonyl (C=O) groups excluding carboxylic acids is 2. The van der Waals surface area contributed by atoms with E-state index >= 15 is 0 Å². The Morgan fingerprint density at radius 2 is 1.67 bits per heavy atom. The smallest absolute Gasteiger partial charge is 0.411 e. The van der Waals surface area contributed by atoms with Crippen LogP contribution in [0.2, 0.25) is 0 Å². The van der Waals surface area contributed by atoms with Crippen LogP contribution in [0.4, 0.5) is 10.5 Å². The summed E-state index contributed by atoms with van der Waals surface area (Å²) in [5, 5.41) is 2.76. The Morgan fingerprint density at radius 1 is 1.00 bits per heavy atom. The summed E-state index contributed by atoms with van der Waals surface area (Å²) in [7, 11) is 0. The van der Waals surface area contributed by atoms with Crippen LogP contribution in [0.25, 0.3) is 0 Å². The van der Waals surface area contributed by atoms with Crippen molar-refractivity contribution in [2.75, 3.05) is 5.32 Å². The summed E-state index contributed by atoms with van der Waals surface area (Å²) < 4.78 is 5.28. The molecule has 0 radical (unpaired) electrons. The molecule has 3 N–H and O–H groups in total. The van der Waals surface area contributed by atoms with Crippen LogP contribution in [0, 0.1) is 5.41 Å². The number of benzene rings is 2. The number of rotatable bonds is 7. The van der Waals surface area contributed by atoms with E-state index in [0.717, 1.165) is 36.8 Å². The Morgan fingerprint density at radius 3 is 2.30 bits per heavy atom. The zero-order valence-corrected chi connectivity index (χ0v) is 20.0. The third-order valence-electron chi connectivity index (χ3n) is 5.95. The van der Waals surface area contributed by atoms with Crippen LogP contribution in [0.15, 0.2) is 54.6 Å². The fourth-order valence-corrected chi connectivity index (χ4v) is 4.24. The summed E-state index contributed by atoms with van der Waals surface area (Å²) in [5.74, 6) is 0.150. The number of carbonyl (C=O) groups is 2. The maximum atomic E-state index is 13.2. The van der Waals surface area contributed by atoms with Gasteiger partial charge in [0.25, 0.3) is 0 Å². The molecule has 0 bridgehead atoms. The van der Waals surface area contributed by atoms with Gasteiger partial charge in [-0.3, -0.25) is 10.1 Å². The summed E-state index contributed by atoms with van der Waals surface area (Å²) in [6.07, 6.45) is 4.12. The number of amides is 2. The molecule has 2 aromatic rings.